The molecule has 0 aromatic carbocycles. The first-order valence-electron chi connectivity index (χ1n) is 6.27. The van der Waals surface area contributed by atoms with E-state index in [0.29, 0.717) is 17.8 Å². The summed E-state index contributed by atoms with van der Waals surface area (Å²) in [5, 5.41) is 19.9. The summed E-state index contributed by atoms with van der Waals surface area (Å²) in [6.07, 6.45) is 3.03. The van der Waals surface area contributed by atoms with Gasteiger partial charge in [0.25, 0.3) is 0 Å². The lowest BCUT2D eigenvalue weighted by Crippen LogP contribution is -2.49. The van der Waals surface area contributed by atoms with Gasteiger partial charge < -0.3 is 15.3 Å². The molecule has 100 valence electrons. The van der Waals surface area contributed by atoms with Crippen molar-refractivity contribution in [1.82, 2.24) is 25.5 Å². The molecule has 3 N–H and O–H groups in total. The van der Waals surface area contributed by atoms with Crippen molar-refractivity contribution in [3.63, 3.8) is 0 Å². The fourth-order valence-corrected chi connectivity index (χ4v) is 2.19. The molecule has 0 amide bonds. The van der Waals surface area contributed by atoms with E-state index in [0.717, 1.165) is 25.2 Å². The molecule has 19 heavy (non-hydrogen) atoms. The number of nitrogens with zero attached hydrogens (tertiary/aromatic N) is 4. The molecule has 1 unspecified atom stereocenters. The van der Waals surface area contributed by atoms with E-state index in [-0.39, 0.29) is 5.75 Å². The second kappa shape index (κ2) is 4.85. The van der Waals surface area contributed by atoms with Crippen molar-refractivity contribution in [3.05, 3.63) is 18.5 Å². The number of piperazine rings is 1. The molecule has 2 aromatic rings. The molecule has 2 aromatic heterocycles. The minimum Gasteiger partial charge on any atom is -0.506 e. The molecule has 1 aliphatic rings. The van der Waals surface area contributed by atoms with Crippen molar-refractivity contribution in [2.75, 3.05) is 24.5 Å². The fourth-order valence-electron chi connectivity index (χ4n) is 2.19. The molecule has 3 rings (SSSR count). The van der Waals surface area contributed by atoms with Crippen molar-refractivity contribution in [2.45, 2.75) is 13.0 Å². The average Bonchev–Trinajstić information content (AvgIpc) is 2.88. The van der Waals surface area contributed by atoms with Crippen LogP contribution in [0.1, 0.15) is 6.92 Å². The maximum absolute atomic E-state index is 9.42. The third-order valence-electron chi connectivity index (χ3n) is 3.12. The SMILES string of the molecule is CC1CN(c2n[nH]c(-c3cncc(O)c3)n2)CCN1. The van der Waals surface area contributed by atoms with Crippen LogP contribution < -0.4 is 10.2 Å². The maximum Gasteiger partial charge on any atom is 0.245 e. The number of aromatic hydroxyl groups is 1. The van der Waals surface area contributed by atoms with Gasteiger partial charge in [-0.15, -0.1) is 5.10 Å². The van der Waals surface area contributed by atoms with Crippen LogP contribution in [0.25, 0.3) is 11.4 Å². The molecule has 0 saturated carbocycles. The number of aromatic nitrogens is 4. The van der Waals surface area contributed by atoms with Gasteiger partial charge in [-0.3, -0.25) is 10.1 Å². The van der Waals surface area contributed by atoms with Crippen molar-refractivity contribution in [3.8, 4) is 17.1 Å². The lowest BCUT2D eigenvalue weighted by molar-refractivity contribution is 0.473. The first-order valence-corrected chi connectivity index (χ1v) is 6.27. The summed E-state index contributed by atoms with van der Waals surface area (Å²) in [5.74, 6) is 1.42. The predicted molar refractivity (Wildman–Crippen MR) is 71.0 cm³/mol. The van der Waals surface area contributed by atoms with Crippen LogP contribution in [0, 0.1) is 0 Å². The largest absolute Gasteiger partial charge is 0.506 e. The Balaban J connectivity index is 1.83. The van der Waals surface area contributed by atoms with Gasteiger partial charge in [-0.2, -0.15) is 4.98 Å². The summed E-state index contributed by atoms with van der Waals surface area (Å²) in [7, 11) is 0. The van der Waals surface area contributed by atoms with Gasteiger partial charge in [0.05, 0.1) is 6.20 Å². The van der Waals surface area contributed by atoms with Gasteiger partial charge in [-0.1, -0.05) is 0 Å². The third-order valence-corrected chi connectivity index (χ3v) is 3.12. The summed E-state index contributed by atoms with van der Waals surface area (Å²) < 4.78 is 0. The molecular weight excluding hydrogens is 244 g/mol. The van der Waals surface area contributed by atoms with E-state index in [9.17, 15) is 5.11 Å². The van der Waals surface area contributed by atoms with Crippen LogP contribution in [0.5, 0.6) is 5.75 Å². The maximum atomic E-state index is 9.42. The van der Waals surface area contributed by atoms with Gasteiger partial charge in [0.2, 0.25) is 5.95 Å². The Labute approximate surface area is 110 Å². The summed E-state index contributed by atoms with van der Waals surface area (Å²) in [6, 6.07) is 2.04. The van der Waals surface area contributed by atoms with Gasteiger partial charge in [0, 0.05) is 37.4 Å². The number of hydrogen-bond donors (Lipinski definition) is 3. The predicted octanol–water partition coefficient (Wildman–Crippen LogP) is 0.370. The molecule has 0 aliphatic carbocycles. The summed E-state index contributed by atoms with van der Waals surface area (Å²) in [6.45, 7) is 4.84. The second-order valence-electron chi connectivity index (χ2n) is 4.72. The van der Waals surface area contributed by atoms with Crippen molar-refractivity contribution < 1.29 is 5.11 Å². The normalized spacial score (nSPS) is 19.6. The van der Waals surface area contributed by atoms with Gasteiger partial charge in [-0.25, -0.2) is 0 Å². The second-order valence-corrected chi connectivity index (χ2v) is 4.72. The first-order chi connectivity index (χ1) is 9.22. The van der Waals surface area contributed by atoms with Crippen LogP contribution in [0.3, 0.4) is 0 Å². The molecule has 1 atom stereocenters. The Kier molecular flexibility index (Phi) is 3.04. The van der Waals surface area contributed by atoms with E-state index in [1.165, 1.54) is 6.20 Å². The zero-order valence-corrected chi connectivity index (χ0v) is 10.7. The number of hydrogen-bond acceptors (Lipinski definition) is 6. The van der Waals surface area contributed by atoms with Crippen LogP contribution in [0.2, 0.25) is 0 Å². The minimum atomic E-state index is 0.117. The molecule has 1 saturated heterocycles. The van der Waals surface area contributed by atoms with E-state index in [1.807, 2.05) is 0 Å². The molecule has 0 bridgehead atoms. The monoisotopic (exact) mass is 260 g/mol. The smallest absolute Gasteiger partial charge is 0.245 e. The minimum absolute atomic E-state index is 0.117. The highest BCUT2D eigenvalue weighted by Gasteiger charge is 2.19. The third kappa shape index (κ3) is 2.50. The highest BCUT2D eigenvalue weighted by molar-refractivity contribution is 5.56. The van der Waals surface area contributed by atoms with E-state index in [4.69, 9.17) is 0 Å². The Morgan fingerprint density at radius 1 is 1.42 bits per heavy atom. The number of anilines is 1. The fraction of sp³-hybridized carbons (Fsp3) is 0.417. The number of H-pyrrole nitrogens is 1. The van der Waals surface area contributed by atoms with Crippen LogP contribution in [-0.2, 0) is 0 Å². The number of rotatable bonds is 2. The van der Waals surface area contributed by atoms with Gasteiger partial charge >= 0.3 is 0 Å². The van der Waals surface area contributed by atoms with Crippen molar-refractivity contribution in [1.29, 1.82) is 0 Å². The average molecular weight is 260 g/mol. The molecule has 3 heterocycles. The summed E-state index contributed by atoms with van der Waals surface area (Å²) in [4.78, 5) is 10.5. The number of nitrogens with one attached hydrogen (secondary N) is 2. The van der Waals surface area contributed by atoms with E-state index >= 15 is 0 Å². The highest BCUT2D eigenvalue weighted by Crippen LogP contribution is 2.20. The molecule has 7 nitrogen and oxygen atoms in total. The number of pyridine rings is 1. The quantitative estimate of drug-likeness (QED) is 0.723. The lowest BCUT2D eigenvalue weighted by Gasteiger charge is -2.30. The molecule has 1 aliphatic heterocycles. The standard InChI is InChI=1S/C12H16N6O/c1-8-7-18(3-2-14-8)12-15-11(16-17-12)9-4-10(19)6-13-5-9/h4-6,8,14,19H,2-3,7H2,1H3,(H,15,16,17). The zero-order valence-electron chi connectivity index (χ0n) is 10.7. The summed E-state index contributed by atoms with van der Waals surface area (Å²) in [5.41, 5.74) is 0.724. The molecule has 0 radical (unpaired) electrons. The van der Waals surface area contributed by atoms with Gasteiger partial charge in [0.15, 0.2) is 5.82 Å². The van der Waals surface area contributed by atoms with E-state index < -0.39 is 0 Å². The van der Waals surface area contributed by atoms with Crippen LogP contribution in [0.4, 0.5) is 5.95 Å². The Bertz CT molecular complexity index is 569. The van der Waals surface area contributed by atoms with Crippen LogP contribution in [0.15, 0.2) is 18.5 Å². The van der Waals surface area contributed by atoms with Crippen molar-refractivity contribution in [2.24, 2.45) is 0 Å². The van der Waals surface area contributed by atoms with Crippen molar-refractivity contribution >= 4 is 5.95 Å². The first kappa shape index (κ1) is 11.9. The van der Waals surface area contributed by atoms with Crippen LogP contribution in [-0.4, -0.2) is 50.9 Å². The zero-order chi connectivity index (χ0) is 13.2. The van der Waals surface area contributed by atoms with E-state index in [1.54, 1.807) is 12.3 Å². The van der Waals surface area contributed by atoms with Crippen LogP contribution >= 0.6 is 0 Å². The summed E-state index contributed by atoms with van der Waals surface area (Å²) >= 11 is 0. The van der Waals surface area contributed by atoms with Gasteiger partial charge in [0.1, 0.15) is 5.75 Å². The van der Waals surface area contributed by atoms with E-state index in [2.05, 4.69) is 37.3 Å². The lowest BCUT2D eigenvalue weighted by atomic mass is 10.2. The Morgan fingerprint density at radius 3 is 3.11 bits per heavy atom. The number of aromatic amines is 1. The Hall–Kier alpha value is -2.15. The molecule has 7 heteroatoms. The molecule has 0 spiro atoms. The topological polar surface area (TPSA) is 90.0 Å². The molecule has 1 fully saturated rings. The Morgan fingerprint density at radius 2 is 2.32 bits per heavy atom. The van der Waals surface area contributed by atoms with Gasteiger partial charge in [-0.05, 0) is 13.0 Å². The highest BCUT2D eigenvalue weighted by atomic mass is 16.3. The molecular formula is C12H16N6O.